The highest BCUT2D eigenvalue weighted by Gasteiger charge is 2.27. The molecule has 0 aliphatic rings. The fourth-order valence-corrected chi connectivity index (χ4v) is 5.01. The Hall–Kier alpha value is -2.68. The first-order valence-electron chi connectivity index (χ1n) is 9.71. The second-order valence-corrected chi connectivity index (χ2v) is 8.93. The summed E-state index contributed by atoms with van der Waals surface area (Å²) in [7, 11) is -2.45. The molecule has 0 amide bonds. The first kappa shape index (κ1) is 23.0. The van der Waals surface area contributed by atoms with Crippen LogP contribution >= 0.6 is 11.6 Å². The van der Waals surface area contributed by atoms with Gasteiger partial charge in [-0.3, -0.25) is 0 Å². The summed E-state index contributed by atoms with van der Waals surface area (Å²) in [6.07, 6.45) is 0. The largest absolute Gasteiger partial charge is 0.495 e. The Morgan fingerprint density at radius 3 is 2.48 bits per heavy atom. The van der Waals surface area contributed by atoms with Crippen LogP contribution < -0.4 is 4.74 Å². The highest BCUT2D eigenvalue weighted by molar-refractivity contribution is 7.89. The zero-order valence-electron chi connectivity index (χ0n) is 17.5. The van der Waals surface area contributed by atoms with Crippen molar-refractivity contribution in [2.75, 3.05) is 20.2 Å². The molecule has 0 radical (unpaired) electrons. The lowest BCUT2D eigenvalue weighted by Crippen LogP contribution is -2.31. The van der Waals surface area contributed by atoms with Gasteiger partial charge in [-0.1, -0.05) is 43.6 Å². The molecular formula is C22H23ClN2O5S. The van der Waals surface area contributed by atoms with Gasteiger partial charge in [0, 0.05) is 24.0 Å². The summed E-state index contributed by atoms with van der Waals surface area (Å²) in [4.78, 5) is 16.9. The molecule has 1 heterocycles. The average Bonchev–Trinajstić information content (AvgIpc) is 2.77. The van der Waals surface area contributed by atoms with Crippen molar-refractivity contribution >= 4 is 38.5 Å². The van der Waals surface area contributed by atoms with E-state index in [9.17, 15) is 13.2 Å². The van der Waals surface area contributed by atoms with Gasteiger partial charge in [0.1, 0.15) is 22.4 Å². The van der Waals surface area contributed by atoms with Gasteiger partial charge in [-0.25, -0.2) is 18.2 Å². The highest BCUT2D eigenvalue weighted by Crippen LogP contribution is 2.28. The Morgan fingerprint density at radius 2 is 1.81 bits per heavy atom. The Morgan fingerprint density at radius 1 is 1.10 bits per heavy atom. The lowest BCUT2D eigenvalue weighted by molar-refractivity contribution is 0.0472. The van der Waals surface area contributed by atoms with Crippen LogP contribution in [-0.4, -0.2) is 43.9 Å². The normalized spacial score (nSPS) is 11.6. The lowest BCUT2D eigenvalue weighted by Gasteiger charge is -2.20. The molecule has 9 heteroatoms. The number of para-hydroxylation sites is 1. The Bertz CT molecular complexity index is 1210. The van der Waals surface area contributed by atoms with E-state index in [1.807, 2.05) is 30.3 Å². The standard InChI is InChI=1S/C22H23ClN2O5S/c1-4-25(5-2)31(27,28)20-13-16(10-11-19(20)29-3)22(26)30-14-17-12-15-8-6-7-9-18(15)24-21(17)23/h6-13H,4-5,14H2,1-3H3. The fraction of sp³-hybridized carbons (Fsp3) is 0.273. The van der Waals surface area contributed by atoms with Crippen LogP contribution in [0.25, 0.3) is 10.9 Å². The summed E-state index contributed by atoms with van der Waals surface area (Å²) in [6.45, 7) is 3.98. The fourth-order valence-electron chi connectivity index (χ4n) is 3.17. The van der Waals surface area contributed by atoms with E-state index in [1.165, 1.54) is 29.6 Å². The number of pyridine rings is 1. The van der Waals surface area contributed by atoms with Gasteiger partial charge in [0.25, 0.3) is 0 Å². The number of aromatic nitrogens is 1. The van der Waals surface area contributed by atoms with Crippen LogP contribution in [0.4, 0.5) is 0 Å². The number of nitrogens with zero attached hydrogens (tertiary/aromatic N) is 2. The molecular weight excluding hydrogens is 440 g/mol. The van der Waals surface area contributed by atoms with E-state index >= 15 is 0 Å². The van der Waals surface area contributed by atoms with E-state index < -0.39 is 16.0 Å². The first-order chi connectivity index (χ1) is 14.8. The summed E-state index contributed by atoms with van der Waals surface area (Å²) >= 11 is 6.22. The molecule has 3 aromatic rings. The number of benzene rings is 2. The van der Waals surface area contributed by atoms with Crippen molar-refractivity contribution in [3.8, 4) is 5.75 Å². The van der Waals surface area contributed by atoms with Crippen molar-refractivity contribution in [2.45, 2.75) is 25.3 Å². The number of ether oxygens (including phenoxy) is 2. The molecule has 1 aromatic heterocycles. The maximum Gasteiger partial charge on any atom is 0.338 e. The maximum absolute atomic E-state index is 13.0. The minimum atomic E-state index is -3.83. The van der Waals surface area contributed by atoms with E-state index in [1.54, 1.807) is 13.8 Å². The van der Waals surface area contributed by atoms with E-state index in [2.05, 4.69) is 4.98 Å². The summed E-state index contributed by atoms with van der Waals surface area (Å²) in [5.41, 5.74) is 1.39. The molecule has 7 nitrogen and oxygen atoms in total. The van der Waals surface area contributed by atoms with Gasteiger partial charge in [-0.05, 0) is 30.3 Å². The Labute approximate surface area is 186 Å². The van der Waals surface area contributed by atoms with Gasteiger partial charge in [-0.2, -0.15) is 4.31 Å². The minimum absolute atomic E-state index is 0.0847. The van der Waals surface area contributed by atoms with Crippen molar-refractivity contribution in [3.05, 3.63) is 64.8 Å². The predicted molar refractivity (Wildman–Crippen MR) is 119 cm³/mol. The summed E-state index contributed by atoms with van der Waals surface area (Å²) < 4.78 is 37.8. The smallest absolute Gasteiger partial charge is 0.338 e. The Balaban J connectivity index is 1.86. The van der Waals surface area contributed by atoms with Gasteiger partial charge in [0.05, 0.1) is 18.2 Å². The van der Waals surface area contributed by atoms with Gasteiger partial charge in [-0.15, -0.1) is 0 Å². The van der Waals surface area contributed by atoms with Gasteiger partial charge in [0.15, 0.2) is 0 Å². The maximum atomic E-state index is 13.0. The van der Waals surface area contributed by atoms with Crippen molar-refractivity contribution in [1.29, 1.82) is 0 Å². The summed E-state index contributed by atoms with van der Waals surface area (Å²) in [5, 5.41) is 1.11. The second-order valence-electron chi connectivity index (χ2n) is 6.66. The monoisotopic (exact) mass is 462 g/mol. The number of halogens is 1. The number of carbonyl (C=O) groups is 1. The third-order valence-corrected chi connectivity index (χ3v) is 7.23. The zero-order chi connectivity index (χ0) is 22.6. The first-order valence-corrected chi connectivity index (χ1v) is 11.5. The van der Waals surface area contributed by atoms with Crippen molar-refractivity contribution in [2.24, 2.45) is 0 Å². The van der Waals surface area contributed by atoms with Gasteiger partial charge in [0.2, 0.25) is 10.0 Å². The number of rotatable bonds is 8. The molecule has 0 unspecified atom stereocenters. The molecule has 3 rings (SSSR count). The molecule has 164 valence electrons. The summed E-state index contributed by atoms with van der Waals surface area (Å²) in [5.74, 6) is -0.520. The number of fused-ring (bicyclic) bond motifs is 1. The van der Waals surface area contributed by atoms with Crippen LogP contribution in [0.1, 0.15) is 29.8 Å². The number of esters is 1. The third kappa shape index (κ3) is 4.81. The Kier molecular flexibility index (Phi) is 7.15. The van der Waals surface area contributed by atoms with Crippen molar-refractivity contribution < 1.29 is 22.7 Å². The predicted octanol–water partition coefficient (Wildman–Crippen LogP) is 4.28. The van der Waals surface area contributed by atoms with Crippen LogP contribution in [0, 0.1) is 0 Å². The molecule has 0 saturated carbocycles. The lowest BCUT2D eigenvalue weighted by atomic mass is 10.1. The molecule has 2 aromatic carbocycles. The molecule has 0 aliphatic carbocycles. The van der Waals surface area contributed by atoms with Crippen LogP contribution in [0.2, 0.25) is 5.15 Å². The molecule has 0 spiro atoms. The van der Waals surface area contributed by atoms with Gasteiger partial charge >= 0.3 is 5.97 Å². The molecule has 0 saturated heterocycles. The molecule has 0 bridgehead atoms. The molecule has 0 fully saturated rings. The number of methoxy groups -OCH3 is 1. The molecule has 31 heavy (non-hydrogen) atoms. The molecule has 0 atom stereocenters. The molecule has 0 aliphatic heterocycles. The SMILES string of the molecule is CCN(CC)S(=O)(=O)c1cc(C(=O)OCc2cc3ccccc3nc2Cl)ccc1OC. The van der Waals surface area contributed by atoms with E-state index in [0.717, 1.165) is 10.9 Å². The van der Waals surface area contributed by atoms with E-state index in [0.29, 0.717) is 18.7 Å². The number of hydrogen-bond donors (Lipinski definition) is 0. The average molecular weight is 463 g/mol. The highest BCUT2D eigenvalue weighted by atomic mass is 35.5. The quantitative estimate of drug-likeness (QED) is 0.367. The molecule has 0 N–H and O–H groups in total. The summed E-state index contributed by atoms with van der Waals surface area (Å²) in [6, 6.07) is 13.4. The topological polar surface area (TPSA) is 85.8 Å². The van der Waals surface area contributed by atoms with E-state index in [-0.39, 0.29) is 28.0 Å². The van der Waals surface area contributed by atoms with Crippen LogP contribution in [0.15, 0.2) is 53.4 Å². The number of hydrogen-bond acceptors (Lipinski definition) is 6. The van der Waals surface area contributed by atoms with Crippen LogP contribution in [0.3, 0.4) is 0 Å². The zero-order valence-corrected chi connectivity index (χ0v) is 19.0. The van der Waals surface area contributed by atoms with Crippen molar-refractivity contribution in [3.63, 3.8) is 0 Å². The second kappa shape index (κ2) is 9.64. The number of sulfonamides is 1. The van der Waals surface area contributed by atoms with Crippen molar-refractivity contribution in [1.82, 2.24) is 9.29 Å². The van der Waals surface area contributed by atoms with Gasteiger partial charge < -0.3 is 9.47 Å². The van der Waals surface area contributed by atoms with E-state index in [4.69, 9.17) is 21.1 Å². The van der Waals surface area contributed by atoms with Crippen LogP contribution in [-0.2, 0) is 21.4 Å². The number of carbonyl (C=O) groups excluding carboxylic acids is 1. The van der Waals surface area contributed by atoms with Crippen LogP contribution in [0.5, 0.6) is 5.75 Å². The minimum Gasteiger partial charge on any atom is -0.495 e. The third-order valence-electron chi connectivity index (χ3n) is 4.83.